The lowest BCUT2D eigenvalue weighted by Crippen LogP contribution is -2.71. The van der Waals surface area contributed by atoms with Crippen LogP contribution in [0.25, 0.3) is 0 Å². The van der Waals surface area contributed by atoms with Crippen molar-refractivity contribution in [1.82, 2.24) is 0 Å². The van der Waals surface area contributed by atoms with Crippen LogP contribution in [0.5, 0.6) is 5.75 Å². The molecule has 1 amide bonds. The minimum absolute atomic E-state index is 0.491. The van der Waals surface area contributed by atoms with Crippen molar-refractivity contribution in [3.63, 3.8) is 0 Å². The Kier molecular flexibility index (Phi) is 3.43. The maximum atomic E-state index is 11.8. The smallest absolute Gasteiger partial charge is 0.311 e. The Bertz CT molecular complexity index is 537. The van der Waals surface area contributed by atoms with Gasteiger partial charge in [-0.25, -0.2) is 0 Å². The lowest BCUT2D eigenvalue weighted by Gasteiger charge is -2.50. The first kappa shape index (κ1) is 14.3. The van der Waals surface area contributed by atoms with E-state index in [4.69, 9.17) is 4.74 Å². The molecule has 1 aromatic carbocycles. The van der Waals surface area contributed by atoms with Gasteiger partial charge in [0.15, 0.2) is 6.10 Å². The van der Waals surface area contributed by atoms with Gasteiger partial charge in [0.05, 0.1) is 18.6 Å². The molecule has 2 N–H and O–H groups in total. The highest BCUT2D eigenvalue weighted by Crippen LogP contribution is 2.39. The highest BCUT2D eigenvalue weighted by Gasteiger charge is 2.57. The Morgan fingerprint density at radius 2 is 1.85 bits per heavy atom. The standard InChI is InChI=1S/C14H17NO5/c1-14(2,13(18)19)11-10(16)12(17)15(11)8-4-6-9(20-3)7-5-8/h4-7,10-11,16H,1-3H3,(H,18,19). The van der Waals surface area contributed by atoms with Gasteiger partial charge in [-0.15, -0.1) is 0 Å². The second-order valence-electron chi connectivity index (χ2n) is 5.32. The van der Waals surface area contributed by atoms with Gasteiger partial charge < -0.3 is 19.8 Å². The van der Waals surface area contributed by atoms with E-state index in [0.29, 0.717) is 11.4 Å². The summed E-state index contributed by atoms with van der Waals surface area (Å²) in [6.45, 7) is 2.98. The molecule has 1 aromatic rings. The van der Waals surface area contributed by atoms with Gasteiger partial charge in [0.1, 0.15) is 5.75 Å². The summed E-state index contributed by atoms with van der Waals surface area (Å²) in [7, 11) is 1.53. The number of methoxy groups -OCH3 is 1. The van der Waals surface area contributed by atoms with E-state index in [9.17, 15) is 19.8 Å². The molecule has 20 heavy (non-hydrogen) atoms. The fourth-order valence-corrected chi connectivity index (χ4v) is 2.35. The normalized spacial score (nSPS) is 22.4. The topological polar surface area (TPSA) is 87.1 Å². The molecule has 0 radical (unpaired) electrons. The SMILES string of the molecule is COc1ccc(N2C(=O)C(O)C2C(C)(C)C(=O)O)cc1. The molecule has 2 atom stereocenters. The first-order valence-electron chi connectivity index (χ1n) is 6.19. The molecule has 0 bridgehead atoms. The summed E-state index contributed by atoms with van der Waals surface area (Å²) in [5.74, 6) is -0.918. The van der Waals surface area contributed by atoms with Gasteiger partial charge in [-0.1, -0.05) is 0 Å². The minimum Gasteiger partial charge on any atom is -0.497 e. The predicted octanol–water partition coefficient (Wildman–Crippen LogP) is 0.882. The number of aliphatic hydroxyl groups is 1. The number of β-lactam (4-membered cyclic amide) rings is 1. The number of carbonyl (C=O) groups excluding carboxylic acids is 1. The van der Waals surface area contributed by atoms with Crippen LogP contribution in [0.3, 0.4) is 0 Å². The number of carboxylic acids is 1. The molecule has 1 heterocycles. The highest BCUT2D eigenvalue weighted by molar-refractivity contribution is 6.06. The number of hydrogen-bond donors (Lipinski definition) is 2. The number of hydrogen-bond acceptors (Lipinski definition) is 4. The van der Waals surface area contributed by atoms with Gasteiger partial charge in [0.25, 0.3) is 5.91 Å². The van der Waals surface area contributed by atoms with Crippen molar-refractivity contribution in [3.8, 4) is 5.75 Å². The zero-order chi connectivity index (χ0) is 15.1. The molecular formula is C14H17NO5. The van der Waals surface area contributed by atoms with Gasteiger partial charge in [-0.05, 0) is 38.1 Å². The maximum absolute atomic E-state index is 11.8. The monoisotopic (exact) mass is 279 g/mol. The van der Waals surface area contributed by atoms with Crippen LogP contribution in [0.4, 0.5) is 5.69 Å². The van der Waals surface area contributed by atoms with Crippen LogP contribution in [0.1, 0.15) is 13.8 Å². The number of aliphatic carboxylic acids is 1. The Labute approximate surface area is 116 Å². The Morgan fingerprint density at radius 3 is 2.30 bits per heavy atom. The van der Waals surface area contributed by atoms with Gasteiger partial charge in [0, 0.05) is 5.69 Å². The summed E-state index contributed by atoms with van der Waals surface area (Å²) >= 11 is 0. The van der Waals surface area contributed by atoms with E-state index in [-0.39, 0.29) is 0 Å². The average Bonchev–Trinajstić information content (AvgIpc) is 2.43. The lowest BCUT2D eigenvalue weighted by molar-refractivity contribution is -0.157. The largest absolute Gasteiger partial charge is 0.497 e. The van der Waals surface area contributed by atoms with Gasteiger partial charge >= 0.3 is 5.97 Å². The zero-order valence-electron chi connectivity index (χ0n) is 11.5. The molecule has 2 rings (SSSR count). The summed E-state index contributed by atoms with van der Waals surface area (Å²) in [5.41, 5.74) is -0.701. The molecule has 2 unspecified atom stereocenters. The number of benzene rings is 1. The van der Waals surface area contributed by atoms with Crippen molar-refractivity contribution in [2.45, 2.75) is 26.0 Å². The molecule has 1 aliphatic rings. The van der Waals surface area contributed by atoms with Crippen molar-refractivity contribution in [1.29, 1.82) is 0 Å². The average molecular weight is 279 g/mol. The summed E-state index contributed by atoms with van der Waals surface area (Å²) in [6, 6.07) is 5.89. The van der Waals surface area contributed by atoms with E-state index in [0.717, 1.165) is 0 Å². The third-order valence-corrected chi connectivity index (χ3v) is 3.71. The van der Waals surface area contributed by atoms with Crippen LogP contribution >= 0.6 is 0 Å². The summed E-state index contributed by atoms with van der Waals surface area (Å²) in [6.07, 6.45) is -1.29. The third kappa shape index (κ3) is 2.02. The summed E-state index contributed by atoms with van der Waals surface area (Å²) < 4.78 is 5.03. The molecule has 1 saturated heterocycles. The Balaban J connectivity index is 2.33. The molecule has 0 saturated carbocycles. The maximum Gasteiger partial charge on any atom is 0.311 e. The summed E-state index contributed by atoms with van der Waals surface area (Å²) in [4.78, 5) is 24.5. The van der Waals surface area contributed by atoms with E-state index in [1.54, 1.807) is 24.3 Å². The highest BCUT2D eigenvalue weighted by atomic mass is 16.5. The van der Waals surface area contributed by atoms with Crippen molar-refractivity contribution < 1.29 is 24.5 Å². The molecule has 6 heteroatoms. The van der Waals surface area contributed by atoms with Crippen LogP contribution in [0, 0.1) is 5.41 Å². The van der Waals surface area contributed by atoms with Crippen molar-refractivity contribution in [2.75, 3.05) is 12.0 Å². The molecule has 1 aliphatic heterocycles. The van der Waals surface area contributed by atoms with Crippen molar-refractivity contribution >= 4 is 17.6 Å². The van der Waals surface area contributed by atoms with Crippen LogP contribution in [-0.2, 0) is 9.59 Å². The molecular weight excluding hydrogens is 262 g/mol. The third-order valence-electron chi connectivity index (χ3n) is 3.71. The fraction of sp³-hybridized carbons (Fsp3) is 0.429. The van der Waals surface area contributed by atoms with Crippen LogP contribution < -0.4 is 9.64 Å². The van der Waals surface area contributed by atoms with Crippen LogP contribution in [0.2, 0.25) is 0 Å². The second kappa shape index (κ2) is 4.79. The van der Waals surface area contributed by atoms with E-state index in [2.05, 4.69) is 0 Å². The van der Waals surface area contributed by atoms with E-state index in [1.165, 1.54) is 25.9 Å². The fourth-order valence-electron chi connectivity index (χ4n) is 2.35. The number of nitrogens with zero attached hydrogens (tertiary/aromatic N) is 1. The number of aliphatic hydroxyl groups excluding tert-OH is 1. The molecule has 0 spiro atoms. The van der Waals surface area contributed by atoms with Gasteiger partial charge in [0.2, 0.25) is 0 Å². The molecule has 6 nitrogen and oxygen atoms in total. The number of ether oxygens (including phenoxy) is 1. The molecule has 0 aromatic heterocycles. The quantitative estimate of drug-likeness (QED) is 0.799. The predicted molar refractivity (Wildman–Crippen MR) is 71.7 cm³/mol. The van der Waals surface area contributed by atoms with Crippen LogP contribution in [0.15, 0.2) is 24.3 Å². The van der Waals surface area contributed by atoms with E-state index >= 15 is 0 Å². The van der Waals surface area contributed by atoms with Gasteiger partial charge in [-0.2, -0.15) is 0 Å². The van der Waals surface area contributed by atoms with Crippen molar-refractivity contribution in [3.05, 3.63) is 24.3 Å². The Hall–Kier alpha value is -2.08. The molecule has 108 valence electrons. The number of amides is 1. The second-order valence-corrected chi connectivity index (χ2v) is 5.32. The number of carbonyl (C=O) groups is 2. The number of anilines is 1. The van der Waals surface area contributed by atoms with E-state index < -0.39 is 29.4 Å². The first-order valence-corrected chi connectivity index (χ1v) is 6.19. The van der Waals surface area contributed by atoms with Gasteiger partial charge in [-0.3, -0.25) is 9.59 Å². The van der Waals surface area contributed by atoms with E-state index in [1.807, 2.05) is 0 Å². The minimum atomic E-state index is -1.29. The zero-order valence-corrected chi connectivity index (χ0v) is 11.5. The molecule has 0 aliphatic carbocycles. The Morgan fingerprint density at radius 1 is 1.30 bits per heavy atom. The summed E-state index contributed by atoms with van der Waals surface area (Å²) in [5, 5.41) is 19.1. The number of rotatable bonds is 4. The number of carboxylic acid groups (broad SMARTS) is 1. The lowest BCUT2D eigenvalue weighted by atomic mass is 9.75. The van der Waals surface area contributed by atoms with Crippen molar-refractivity contribution in [2.24, 2.45) is 5.41 Å². The molecule has 1 fully saturated rings. The first-order chi connectivity index (χ1) is 9.30. The van der Waals surface area contributed by atoms with Crippen LogP contribution in [-0.4, -0.2) is 41.3 Å².